The summed E-state index contributed by atoms with van der Waals surface area (Å²) in [6.07, 6.45) is 8.96. The van der Waals surface area contributed by atoms with Crippen molar-refractivity contribution >= 4 is 5.91 Å². The van der Waals surface area contributed by atoms with E-state index in [1.165, 1.54) is 0 Å². The minimum atomic E-state index is -0.114. The van der Waals surface area contributed by atoms with E-state index < -0.39 is 0 Å². The zero-order valence-corrected chi connectivity index (χ0v) is 14.2. The van der Waals surface area contributed by atoms with Crippen LogP contribution in [0, 0.1) is 12.8 Å². The SMILES string of the molecule is CCn1ccnc1[C@@H](NC(=O)c1cncc(C)c1)C1CCOCC1. The van der Waals surface area contributed by atoms with Crippen LogP contribution in [0.5, 0.6) is 0 Å². The van der Waals surface area contributed by atoms with Gasteiger partial charge >= 0.3 is 0 Å². The number of carbonyl (C=O) groups excluding carboxylic acids is 1. The Morgan fingerprint density at radius 2 is 2.21 bits per heavy atom. The normalized spacial score (nSPS) is 16.8. The Bertz CT molecular complexity index is 692. The van der Waals surface area contributed by atoms with E-state index in [9.17, 15) is 4.79 Å². The lowest BCUT2D eigenvalue weighted by Gasteiger charge is -2.31. The van der Waals surface area contributed by atoms with Gasteiger partial charge in [0.2, 0.25) is 0 Å². The minimum absolute atomic E-state index is 0.103. The van der Waals surface area contributed by atoms with Gasteiger partial charge in [-0.3, -0.25) is 9.78 Å². The van der Waals surface area contributed by atoms with Crippen molar-refractivity contribution < 1.29 is 9.53 Å². The fraction of sp³-hybridized carbons (Fsp3) is 0.500. The van der Waals surface area contributed by atoms with Crippen LogP contribution in [0.2, 0.25) is 0 Å². The Labute approximate surface area is 142 Å². The first kappa shape index (κ1) is 16.6. The number of aromatic nitrogens is 3. The summed E-state index contributed by atoms with van der Waals surface area (Å²) >= 11 is 0. The molecule has 0 spiro atoms. The number of nitrogens with one attached hydrogen (secondary N) is 1. The maximum atomic E-state index is 12.7. The van der Waals surface area contributed by atoms with Crippen molar-refractivity contribution in [3.63, 3.8) is 0 Å². The number of hydrogen-bond donors (Lipinski definition) is 1. The molecule has 1 saturated heterocycles. The zero-order chi connectivity index (χ0) is 16.9. The molecule has 3 rings (SSSR count). The Morgan fingerprint density at radius 1 is 1.42 bits per heavy atom. The van der Waals surface area contributed by atoms with Crippen molar-refractivity contribution in [1.29, 1.82) is 0 Å². The predicted octanol–water partition coefficient (Wildman–Crippen LogP) is 2.50. The number of amides is 1. The molecule has 1 N–H and O–H groups in total. The molecule has 1 amide bonds. The van der Waals surface area contributed by atoms with Crippen molar-refractivity contribution in [2.75, 3.05) is 13.2 Å². The number of carbonyl (C=O) groups is 1. The molecule has 6 heteroatoms. The highest BCUT2D eigenvalue weighted by atomic mass is 16.5. The summed E-state index contributed by atoms with van der Waals surface area (Å²) in [6, 6.07) is 1.74. The van der Waals surface area contributed by atoms with Crippen LogP contribution >= 0.6 is 0 Å². The lowest BCUT2D eigenvalue weighted by molar-refractivity contribution is 0.0498. The minimum Gasteiger partial charge on any atom is -0.381 e. The highest BCUT2D eigenvalue weighted by Crippen LogP contribution is 2.29. The lowest BCUT2D eigenvalue weighted by atomic mass is 9.90. The van der Waals surface area contributed by atoms with Crippen molar-refractivity contribution in [2.45, 2.75) is 39.3 Å². The smallest absolute Gasteiger partial charge is 0.253 e. The summed E-state index contributed by atoms with van der Waals surface area (Å²) < 4.78 is 7.57. The van der Waals surface area contributed by atoms with Gasteiger partial charge in [0.25, 0.3) is 5.91 Å². The molecule has 2 aromatic heterocycles. The highest BCUT2D eigenvalue weighted by Gasteiger charge is 2.30. The van der Waals surface area contributed by atoms with E-state index >= 15 is 0 Å². The molecule has 0 radical (unpaired) electrons. The maximum Gasteiger partial charge on any atom is 0.253 e. The third-order valence-electron chi connectivity index (χ3n) is 4.53. The third-order valence-corrected chi connectivity index (χ3v) is 4.53. The van der Waals surface area contributed by atoms with Gasteiger partial charge in [-0.1, -0.05) is 0 Å². The maximum absolute atomic E-state index is 12.7. The van der Waals surface area contributed by atoms with Crippen LogP contribution in [0.25, 0.3) is 0 Å². The van der Waals surface area contributed by atoms with Crippen molar-refractivity contribution in [3.05, 3.63) is 47.8 Å². The molecule has 2 aromatic rings. The Kier molecular flexibility index (Phi) is 5.25. The van der Waals surface area contributed by atoms with E-state index in [4.69, 9.17) is 4.74 Å². The standard InChI is InChI=1S/C18H24N4O2/c1-3-22-7-6-20-17(22)16(14-4-8-24-9-5-14)21-18(23)15-10-13(2)11-19-12-15/h6-7,10-12,14,16H,3-5,8-9H2,1-2H3,(H,21,23)/t16-/m0/s1. The molecule has 1 aliphatic rings. The second kappa shape index (κ2) is 7.57. The second-order valence-electron chi connectivity index (χ2n) is 6.22. The van der Waals surface area contributed by atoms with Crippen LogP contribution < -0.4 is 5.32 Å². The summed E-state index contributed by atoms with van der Waals surface area (Å²) in [5.74, 6) is 1.14. The van der Waals surface area contributed by atoms with E-state index in [0.29, 0.717) is 11.5 Å². The summed E-state index contributed by atoms with van der Waals surface area (Å²) in [5, 5.41) is 3.19. The number of imidazole rings is 1. The average molecular weight is 328 g/mol. The molecule has 0 aromatic carbocycles. The van der Waals surface area contributed by atoms with E-state index in [1.54, 1.807) is 18.6 Å². The molecule has 0 saturated carbocycles. The number of pyridine rings is 1. The first-order valence-electron chi connectivity index (χ1n) is 8.50. The zero-order valence-electron chi connectivity index (χ0n) is 14.2. The predicted molar refractivity (Wildman–Crippen MR) is 90.6 cm³/mol. The quantitative estimate of drug-likeness (QED) is 0.915. The Morgan fingerprint density at radius 3 is 2.92 bits per heavy atom. The number of nitrogens with zero attached hydrogens (tertiary/aromatic N) is 3. The monoisotopic (exact) mass is 328 g/mol. The van der Waals surface area contributed by atoms with Crippen molar-refractivity contribution in [1.82, 2.24) is 19.9 Å². The molecule has 6 nitrogen and oxygen atoms in total. The van der Waals surface area contributed by atoms with Gasteiger partial charge in [0.15, 0.2) is 0 Å². The number of rotatable bonds is 5. The van der Waals surface area contributed by atoms with E-state index in [0.717, 1.165) is 44.0 Å². The molecule has 1 aliphatic heterocycles. The first-order valence-corrected chi connectivity index (χ1v) is 8.50. The van der Waals surface area contributed by atoms with Crippen LogP contribution in [0.3, 0.4) is 0 Å². The van der Waals surface area contributed by atoms with Crippen molar-refractivity contribution in [2.24, 2.45) is 5.92 Å². The first-order chi connectivity index (χ1) is 11.7. The molecule has 128 valence electrons. The van der Waals surface area contributed by atoms with Crippen LogP contribution in [0.1, 0.15) is 47.6 Å². The number of hydrogen-bond acceptors (Lipinski definition) is 4. The fourth-order valence-corrected chi connectivity index (χ4v) is 3.21. The molecule has 0 unspecified atom stereocenters. The molecule has 3 heterocycles. The van der Waals surface area contributed by atoms with Gasteiger partial charge in [0.1, 0.15) is 5.82 Å². The average Bonchev–Trinajstić information content (AvgIpc) is 3.08. The molecule has 24 heavy (non-hydrogen) atoms. The topological polar surface area (TPSA) is 69.0 Å². The van der Waals surface area contributed by atoms with Gasteiger partial charge in [0, 0.05) is 44.5 Å². The van der Waals surface area contributed by atoms with Crippen LogP contribution in [0.4, 0.5) is 0 Å². The van der Waals surface area contributed by atoms with Gasteiger partial charge < -0.3 is 14.6 Å². The Balaban J connectivity index is 1.85. The summed E-state index contributed by atoms with van der Waals surface area (Å²) in [5.41, 5.74) is 1.56. The molecule has 1 atom stereocenters. The lowest BCUT2D eigenvalue weighted by Crippen LogP contribution is -2.37. The van der Waals surface area contributed by atoms with E-state index in [1.807, 2.05) is 19.2 Å². The summed E-state index contributed by atoms with van der Waals surface area (Å²) in [7, 11) is 0. The molecular weight excluding hydrogens is 304 g/mol. The second-order valence-corrected chi connectivity index (χ2v) is 6.22. The van der Waals surface area contributed by atoms with Crippen LogP contribution in [0.15, 0.2) is 30.9 Å². The molecule has 0 aliphatic carbocycles. The van der Waals surface area contributed by atoms with Crippen molar-refractivity contribution in [3.8, 4) is 0 Å². The van der Waals surface area contributed by atoms with Gasteiger partial charge in [-0.25, -0.2) is 4.98 Å². The van der Waals surface area contributed by atoms with Gasteiger partial charge in [-0.15, -0.1) is 0 Å². The van der Waals surface area contributed by atoms with Gasteiger partial charge in [-0.05, 0) is 44.2 Å². The summed E-state index contributed by atoms with van der Waals surface area (Å²) in [6.45, 7) is 6.31. The van der Waals surface area contributed by atoms with E-state index in [-0.39, 0.29) is 11.9 Å². The van der Waals surface area contributed by atoms with Crippen LogP contribution in [-0.2, 0) is 11.3 Å². The molecule has 1 fully saturated rings. The largest absolute Gasteiger partial charge is 0.381 e. The highest BCUT2D eigenvalue weighted by molar-refractivity contribution is 5.94. The molecule has 0 bridgehead atoms. The van der Waals surface area contributed by atoms with E-state index in [2.05, 4.69) is 26.8 Å². The Hall–Kier alpha value is -2.21. The van der Waals surface area contributed by atoms with Gasteiger partial charge in [0.05, 0.1) is 11.6 Å². The molecular formula is C18H24N4O2. The fourth-order valence-electron chi connectivity index (χ4n) is 3.21. The van der Waals surface area contributed by atoms with Gasteiger partial charge in [-0.2, -0.15) is 0 Å². The third kappa shape index (κ3) is 3.64. The number of aryl methyl sites for hydroxylation is 2. The number of ether oxygens (including phenoxy) is 1. The summed E-state index contributed by atoms with van der Waals surface area (Å²) in [4.78, 5) is 21.4. The van der Waals surface area contributed by atoms with Crippen LogP contribution in [-0.4, -0.2) is 33.7 Å².